The molecular weight excluding hydrogens is 242 g/mol. The molecule has 0 aliphatic carbocycles. The van der Waals surface area contributed by atoms with E-state index in [0.29, 0.717) is 11.4 Å². The van der Waals surface area contributed by atoms with Gasteiger partial charge < -0.3 is 10.1 Å². The molecule has 2 heterocycles. The lowest BCUT2D eigenvalue weighted by Crippen LogP contribution is -2.01. The highest BCUT2D eigenvalue weighted by Gasteiger charge is 2.22. The number of rotatable bonds is 2. The van der Waals surface area contributed by atoms with Crippen LogP contribution in [0.1, 0.15) is 16.1 Å². The number of H-pyrrole nitrogens is 1. The zero-order valence-electron chi connectivity index (χ0n) is 10.6. The van der Waals surface area contributed by atoms with E-state index < -0.39 is 5.97 Å². The van der Waals surface area contributed by atoms with Crippen LogP contribution < -0.4 is 0 Å². The first-order chi connectivity index (χ1) is 9.09. The summed E-state index contributed by atoms with van der Waals surface area (Å²) in [4.78, 5) is 14.6. The van der Waals surface area contributed by atoms with Crippen molar-refractivity contribution in [3.63, 3.8) is 0 Å². The van der Waals surface area contributed by atoms with Crippen molar-refractivity contribution in [2.24, 2.45) is 7.05 Å². The third-order valence-corrected chi connectivity index (χ3v) is 3.28. The van der Waals surface area contributed by atoms with Crippen molar-refractivity contribution in [1.29, 1.82) is 0 Å². The van der Waals surface area contributed by atoms with E-state index >= 15 is 0 Å². The smallest absolute Gasteiger partial charge is 0.339 e. The summed E-state index contributed by atoms with van der Waals surface area (Å²) in [6, 6.07) is 7.80. The normalized spacial score (nSPS) is 11.1. The van der Waals surface area contributed by atoms with Crippen molar-refractivity contribution in [2.75, 3.05) is 0 Å². The number of fused-ring (bicyclic) bond motifs is 1. The number of aryl methyl sites for hydroxylation is 2. The molecule has 0 spiro atoms. The third-order valence-electron chi connectivity index (χ3n) is 3.28. The van der Waals surface area contributed by atoms with E-state index in [4.69, 9.17) is 0 Å². The summed E-state index contributed by atoms with van der Waals surface area (Å²) < 4.78 is 1.62. The number of para-hydroxylation sites is 1. The molecule has 0 saturated heterocycles. The Hall–Kier alpha value is -2.56. The molecule has 0 saturated carbocycles. The Labute approximate surface area is 109 Å². The monoisotopic (exact) mass is 255 g/mol. The van der Waals surface area contributed by atoms with E-state index in [9.17, 15) is 9.90 Å². The predicted molar refractivity (Wildman–Crippen MR) is 72.2 cm³/mol. The minimum Gasteiger partial charge on any atom is -0.478 e. The number of nitrogens with zero attached hydrogens (tertiary/aromatic N) is 2. The molecule has 0 fully saturated rings. The molecule has 1 aromatic carbocycles. The van der Waals surface area contributed by atoms with Gasteiger partial charge in [-0.15, -0.1) is 0 Å². The molecule has 96 valence electrons. The number of hydrogen-bond donors (Lipinski definition) is 2. The number of carbonyl (C=O) groups is 1. The third kappa shape index (κ3) is 1.62. The Kier molecular flexibility index (Phi) is 2.41. The van der Waals surface area contributed by atoms with E-state index in [0.717, 1.165) is 16.5 Å². The summed E-state index contributed by atoms with van der Waals surface area (Å²) in [6.45, 7) is 1.71. The molecule has 0 radical (unpaired) electrons. The molecule has 0 aliphatic rings. The Morgan fingerprint density at radius 2 is 2.11 bits per heavy atom. The van der Waals surface area contributed by atoms with Gasteiger partial charge >= 0.3 is 5.97 Å². The van der Waals surface area contributed by atoms with Gasteiger partial charge in [0.1, 0.15) is 5.56 Å². The van der Waals surface area contributed by atoms with E-state index in [1.54, 1.807) is 18.7 Å². The van der Waals surface area contributed by atoms with Crippen LogP contribution in [0.15, 0.2) is 30.5 Å². The molecule has 5 heteroatoms. The molecule has 0 unspecified atom stereocenters. The minimum absolute atomic E-state index is 0.257. The van der Waals surface area contributed by atoms with Gasteiger partial charge in [-0.2, -0.15) is 5.10 Å². The Morgan fingerprint density at radius 1 is 1.37 bits per heavy atom. The molecule has 2 aromatic heterocycles. The Morgan fingerprint density at radius 3 is 2.84 bits per heavy atom. The van der Waals surface area contributed by atoms with E-state index in [1.807, 2.05) is 30.5 Å². The van der Waals surface area contributed by atoms with Gasteiger partial charge in [0.25, 0.3) is 0 Å². The largest absolute Gasteiger partial charge is 0.478 e. The van der Waals surface area contributed by atoms with Gasteiger partial charge in [-0.3, -0.25) is 4.68 Å². The number of hydrogen-bond acceptors (Lipinski definition) is 2. The maximum Gasteiger partial charge on any atom is 0.339 e. The lowest BCUT2D eigenvalue weighted by Gasteiger charge is -2.02. The first kappa shape index (κ1) is 11.5. The fourth-order valence-corrected chi connectivity index (χ4v) is 2.49. The second-order valence-corrected chi connectivity index (χ2v) is 4.49. The van der Waals surface area contributed by atoms with Crippen LogP contribution in [0, 0.1) is 6.92 Å². The van der Waals surface area contributed by atoms with Crippen LogP contribution in [0.25, 0.3) is 22.2 Å². The van der Waals surface area contributed by atoms with Crippen LogP contribution >= 0.6 is 0 Å². The number of benzene rings is 1. The summed E-state index contributed by atoms with van der Waals surface area (Å²) in [7, 11) is 1.76. The van der Waals surface area contributed by atoms with Crippen molar-refractivity contribution in [3.05, 3.63) is 41.7 Å². The maximum absolute atomic E-state index is 11.4. The zero-order chi connectivity index (χ0) is 13.6. The van der Waals surface area contributed by atoms with Gasteiger partial charge in [-0.25, -0.2) is 4.79 Å². The fourth-order valence-electron chi connectivity index (χ4n) is 2.49. The number of aromatic nitrogens is 3. The van der Waals surface area contributed by atoms with Crippen molar-refractivity contribution >= 4 is 16.9 Å². The zero-order valence-corrected chi connectivity index (χ0v) is 10.6. The molecule has 5 nitrogen and oxygen atoms in total. The second kappa shape index (κ2) is 3.98. The van der Waals surface area contributed by atoms with Crippen molar-refractivity contribution in [1.82, 2.24) is 14.8 Å². The number of carboxylic acid groups (broad SMARTS) is 1. The van der Waals surface area contributed by atoms with Gasteiger partial charge in [0.2, 0.25) is 0 Å². The SMILES string of the molecule is Cc1nn(C)c(-c2c[nH]c3ccccc23)c1C(=O)O. The second-order valence-electron chi connectivity index (χ2n) is 4.49. The van der Waals surface area contributed by atoms with Gasteiger partial charge in [-0.1, -0.05) is 18.2 Å². The van der Waals surface area contributed by atoms with Gasteiger partial charge in [0, 0.05) is 29.7 Å². The van der Waals surface area contributed by atoms with Gasteiger partial charge in [-0.05, 0) is 13.0 Å². The molecule has 0 bridgehead atoms. The van der Waals surface area contributed by atoms with Crippen LogP contribution in [0.2, 0.25) is 0 Å². The lowest BCUT2D eigenvalue weighted by atomic mass is 10.1. The highest BCUT2D eigenvalue weighted by Crippen LogP contribution is 2.31. The van der Waals surface area contributed by atoms with Crippen molar-refractivity contribution in [2.45, 2.75) is 6.92 Å². The highest BCUT2D eigenvalue weighted by atomic mass is 16.4. The molecule has 3 rings (SSSR count). The fraction of sp³-hybridized carbons (Fsp3) is 0.143. The van der Waals surface area contributed by atoms with Crippen molar-refractivity contribution < 1.29 is 9.90 Å². The summed E-state index contributed by atoms with van der Waals surface area (Å²) >= 11 is 0. The average molecular weight is 255 g/mol. The van der Waals surface area contributed by atoms with Gasteiger partial charge in [0.05, 0.1) is 11.4 Å². The first-order valence-electron chi connectivity index (χ1n) is 5.93. The molecule has 0 aliphatic heterocycles. The number of aromatic carboxylic acids is 1. The summed E-state index contributed by atoms with van der Waals surface area (Å²) in [5.74, 6) is -0.953. The Balaban J connectivity index is 2.36. The van der Waals surface area contributed by atoms with Crippen LogP contribution in [-0.4, -0.2) is 25.8 Å². The molecule has 0 amide bonds. The molecular formula is C14H13N3O2. The number of carboxylic acids is 1. The summed E-state index contributed by atoms with van der Waals surface area (Å²) in [6.07, 6.45) is 1.83. The minimum atomic E-state index is -0.953. The van der Waals surface area contributed by atoms with Crippen LogP contribution in [0.5, 0.6) is 0 Å². The predicted octanol–water partition coefficient (Wildman–Crippen LogP) is 2.58. The molecule has 0 atom stereocenters. The van der Waals surface area contributed by atoms with E-state index in [-0.39, 0.29) is 5.56 Å². The van der Waals surface area contributed by atoms with Crippen LogP contribution in [0.4, 0.5) is 0 Å². The standard InChI is InChI=1S/C14H13N3O2/c1-8-12(14(18)19)13(17(2)16-8)10-7-15-11-6-4-3-5-9(10)11/h3-7,15H,1-2H3,(H,18,19). The first-order valence-corrected chi connectivity index (χ1v) is 5.93. The number of nitrogens with one attached hydrogen (secondary N) is 1. The maximum atomic E-state index is 11.4. The van der Waals surface area contributed by atoms with E-state index in [1.165, 1.54) is 0 Å². The van der Waals surface area contributed by atoms with Crippen molar-refractivity contribution in [3.8, 4) is 11.3 Å². The molecule has 2 N–H and O–H groups in total. The van der Waals surface area contributed by atoms with Gasteiger partial charge in [0.15, 0.2) is 0 Å². The Bertz CT molecular complexity index is 783. The summed E-state index contributed by atoms with van der Waals surface area (Å²) in [5, 5.41) is 14.6. The molecule has 3 aromatic rings. The highest BCUT2D eigenvalue weighted by molar-refractivity contribution is 6.02. The lowest BCUT2D eigenvalue weighted by molar-refractivity contribution is 0.0697. The average Bonchev–Trinajstić information content (AvgIpc) is 2.89. The quantitative estimate of drug-likeness (QED) is 0.739. The number of aromatic amines is 1. The van der Waals surface area contributed by atoms with Crippen LogP contribution in [0.3, 0.4) is 0 Å². The topological polar surface area (TPSA) is 70.9 Å². The summed E-state index contributed by atoms with van der Waals surface area (Å²) in [5.41, 5.74) is 3.24. The molecule has 19 heavy (non-hydrogen) atoms. The van der Waals surface area contributed by atoms with Crippen LogP contribution in [-0.2, 0) is 7.05 Å². The van der Waals surface area contributed by atoms with E-state index in [2.05, 4.69) is 10.1 Å².